The molecule has 2 N–H and O–H groups in total. The summed E-state index contributed by atoms with van der Waals surface area (Å²) in [5.41, 5.74) is 3.07. The van der Waals surface area contributed by atoms with E-state index < -0.39 is 0 Å². The Hall–Kier alpha value is -1.59. The Morgan fingerprint density at radius 3 is 2.80 bits per heavy atom. The predicted molar refractivity (Wildman–Crippen MR) is 82.3 cm³/mol. The van der Waals surface area contributed by atoms with E-state index in [2.05, 4.69) is 47.3 Å². The van der Waals surface area contributed by atoms with E-state index >= 15 is 0 Å². The summed E-state index contributed by atoms with van der Waals surface area (Å²) in [5, 5.41) is 3.97. The van der Waals surface area contributed by atoms with Crippen LogP contribution in [0.25, 0.3) is 0 Å². The van der Waals surface area contributed by atoms with Gasteiger partial charge in [0.1, 0.15) is 0 Å². The minimum Gasteiger partial charge on any atom is -0.313 e. The lowest BCUT2D eigenvalue weighted by Crippen LogP contribution is -2.13. The number of nitrogens with zero attached hydrogens (tertiary/aromatic N) is 1. The number of benzene rings is 1. The molecule has 0 fully saturated rings. The number of aryl methyl sites for hydroxylation is 2. The van der Waals surface area contributed by atoms with Crippen molar-refractivity contribution in [2.24, 2.45) is 0 Å². The number of aromatic nitrogens is 2. The third kappa shape index (κ3) is 3.95. The zero-order valence-corrected chi connectivity index (χ0v) is 12.8. The van der Waals surface area contributed by atoms with E-state index in [1.54, 1.807) is 0 Å². The summed E-state index contributed by atoms with van der Waals surface area (Å²) in [5.74, 6) is 0. The van der Waals surface area contributed by atoms with Crippen LogP contribution in [-0.2, 0) is 6.54 Å². The molecule has 0 saturated carbocycles. The fourth-order valence-corrected chi connectivity index (χ4v) is 2.86. The third-order valence-electron chi connectivity index (χ3n) is 2.84. The average Bonchev–Trinajstić information content (AvgIpc) is 2.38. The topological polar surface area (TPSA) is 57.8 Å². The molecule has 0 aliphatic heterocycles. The highest BCUT2D eigenvalue weighted by Crippen LogP contribution is 2.28. The van der Waals surface area contributed by atoms with E-state index in [-0.39, 0.29) is 5.56 Å². The van der Waals surface area contributed by atoms with Crippen LogP contribution in [0.5, 0.6) is 0 Å². The van der Waals surface area contributed by atoms with Crippen LogP contribution < -0.4 is 10.9 Å². The van der Waals surface area contributed by atoms with Gasteiger partial charge in [0, 0.05) is 23.2 Å². The fraction of sp³-hybridized carbons (Fsp3) is 0.333. The monoisotopic (exact) mass is 289 g/mol. The summed E-state index contributed by atoms with van der Waals surface area (Å²) >= 11 is 1.50. The van der Waals surface area contributed by atoms with Crippen molar-refractivity contribution < 1.29 is 0 Å². The first kappa shape index (κ1) is 14.8. The van der Waals surface area contributed by atoms with Gasteiger partial charge in [0.15, 0.2) is 5.16 Å². The van der Waals surface area contributed by atoms with E-state index in [1.807, 2.05) is 6.92 Å². The van der Waals surface area contributed by atoms with Crippen molar-refractivity contribution in [3.8, 4) is 0 Å². The molecule has 4 nitrogen and oxygen atoms in total. The molecule has 2 aromatic rings. The molecule has 1 heterocycles. The summed E-state index contributed by atoms with van der Waals surface area (Å²) in [6.07, 6.45) is 0. The van der Waals surface area contributed by atoms with Crippen LogP contribution in [0.3, 0.4) is 0 Å². The number of aromatic amines is 1. The molecule has 0 atom stereocenters. The van der Waals surface area contributed by atoms with Gasteiger partial charge in [-0.25, -0.2) is 4.98 Å². The average molecular weight is 289 g/mol. The van der Waals surface area contributed by atoms with Gasteiger partial charge in [0.25, 0.3) is 5.56 Å². The van der Waals surface area contributed by atoms with Crippen molar-refractivity contribution in [2.75, 3.05) is 6.54 Å². The smallest absolute Gasteiger partial charge is 0.251 e. The quantitative estimate of drug-likeness (QED) is 0.831. The molecule has 1 aromatic heterocycles. The van der Waals surface area contributed by atoms with Crippen LogP contribution in [0.2, 0.25) is 0 Å². The first-order valence-electron chi connectivity index (χ1n) is 6.64. The van der Waals surface area contributed by atoms with Gasteiger partial charge in [-0.2, -0.15) is 0 Å². The van der Waals surface area contributed by atoms with Gasteiger partial charge in [0.2, 0.25) is 0 Å². The minimum absolute atomic E-state index is 0.111. The van der Waals surface area contributed by atoms with E-state index in [9.17, 15) is 4.79 Å². The summed E-state index contributed by atoms with van der Waals surface area (Å²) in [6, 6.07) is 7.82. The van der Waals surface area contributed by atoms with E-state index in [4.69, 9.17) is 0 Å². The molecular formula is C15H19N3OS. The maximum Gasteiger partial charge on any atom is 0.251 e. The Labute approximate surface area is 123 Å². The van der Waals surface area contributed by atoms with Gasteiger partial charge >= 0.3 is 0 Å². The molecule has 0 unspecified atom stereocenters. The molecule has 0 amide bonds. The number of hydrogen-bond acceptors (Lipinski definition) is 4. The molecule has 0 aliphatic carbocycles. The van der Waals surface area contributed by atoms with Crippen molar-refractivity contribution in [1.82, 2.24) is 15.3 Å². The van der Waals surface area contributed by atoms with Gasteiger partial charge < -0.3 is 10.3 Å². The fourth-order valence-electron chi connectivity index (χ4n) is 1.91. The Bertz CT molecular complexity index is 652. The maximum absolute atomic E-state index is 11.5. The highest BCUT2D eigenvalue weighted by Gasteiger charge is 2.07. The van der Waals surface area contributed by atoms with Gasteiger partial charge in [-0.3, -0.25) is 4.79 Å². The Morgan fingerprint density at radius 2 is 2.10 bits per heavy atom. The standard InChI is InChI=1S/C15H19N3OS/c1-4-16-9-12-7-10(2)5-6-13(12)20-15-17-11(3)8-14(19)18-15/h5-8,16H,4,9H2,1-3H3,(H,17,18,19). The third-order valence-corrected chi connectivity index (χ3v) is 3.84. The van der Waals surface area contributed by atoms with Crippen LogP contribution in [0.1, 0.15) is 23.7 Å². The first-order chi connectivity index (χ1) is 9.58. The van der Waals surface area contributed by atoms with Gasteiger partial charge in [-0.05, 0) is 32.0 Å². The van der Waals surface area contributed by atoms with Crippen molar-refractivity contribution in [2.45, 2.75) is 37.4 Å². The second kappa shape index (κ2) is 6.72. The van der Waals surface area contributed by atoms with Crippen molar-refractivity contribution in [3.63, 3.8) is 0 Å². The second-order valence-electron chi connectivity index (χ2n) is 4.69. The Kier molecular flexibility index (Phi) is 4.98. The summed E-state index contributed by atoms with van der Waals surface area (Å²) in [6.45, 7) is 7.74. The van der Waals surface area contributed by atoms with Crippen molar-refractivity contribution in [1.29, 1.82) is 0 Å². The van der Waals surface area contributed by atoms with Crippen LogP contribution in [0, 0.1) is 13.8 Å². The van der Waals surface area contributed by atoms with Gasteiger partial charge in [-0.1, -0.05) is 36.4 Å². The van der Waals surface area contributed by atoms with Crippen LogP contribution in [-0.4, -0.2) is 16.5 Å². The molecule has 1 aromatic carbocycles. The van der Waals surface area contributed by atoms with E-state index in [1.165, 1.54) is 29.0 Å². The lowest BCUT2D eigenvalue weighted by molar-refractivity contribution is 0.717. The largest absolute Gasteiger partial charge is 0.313 e. The zero-order valence-electron chi connectivity index (χ0n) is 12.0. The maximum atomic E-state index is 11.5. The molecule has 0 radical (unpaired) electrons. The molecular weight excluding hydrogens is 270 g/mol. The number of hydrogen-bond donors (Lipinski definition) is 2. The minimum atomic E-state index is -0.111. The van der Waals surface area contributed by atoms with E-state index in [0.29, 0.717) is 5.16 Å². The molecule has 0 aliphatic rings. The highest BCUT2D eigenvalue weighted by molar-refractivity contribution is 7.99. The zero-order chi connectivity index (χ0) is 14.5. The van der Waals surface area contributed by atoms with E-state index in [0.717, 1.165) is 23.7 Å². The number of rotatable bonds is 5. The lowest BCUT2D eigenvalue weighted by atomic mass is 10.1. The van der Waals surface area contributed by atoms with Crippen LogP contribution >= 0.6 is 11.8 Å². The molecule has 2 rings (SSSR count). The Balaban J connectivity index is 2.29. The predicted octanol–water partition coefficient (Wildman–Crippen LogP) is 2.65. The number of nitrogens with one attached hydrogen (secondary N) is 2. The molecule has 5 heteroatoms. The number of H-pyrrole nitrogens is 1. The first-order valence-corrected chi connectivity index (χ1v) is 7.46. The lowest BCUT2D eigenvalue weighted by Gasteiger charge is -2.10. The SMILES string of the molecule is CCNCc1cc(C)ccc1Sc1nc(C)cc(=O)[nH]1. The van der Waals surface area contributed by atoms with Crippen LogP contribution in [0.15, 0.2) is 39.1 Å². The van der Waals surface area contributed by atoms with Gasteiger partial charge in [0.05, 0.1) is 0 Å². The molecule has 106 valence electrons. The molecule has 0 spiro atoms. The normalized spacial score (nSPS) is 10.8. The van der Waals surface area contributed by atoms with Gasteiger partial charge in [-0.15, -0.1) is 0 Å². The summed E-state index contributed by atoms with van der Waals surface area (Å²) in [4.78, 5) is 19.7. The Morgan fingerprint density at radius 1 is 1.30 bits per heavy atom. The molecule has 0 bridgehead atoms. The highest BCUT2D eigenvalue weighted by atomic mass is 32.2. The second-order valence-corrected chi connectivity index (χ2v) is 5.72. The molecule has 0 saturated heterocycles. The van der Waals surface area contributed by atoms with Crippen molar-refractivity contribution >= 4 is 11.8 Å². The van der Waals surface area contributed by atoms with Crippen molar-refractivity contribution in [3.05, 3.63) is 51.4 Å². The molecule has 20 heavy (non-hydrogen) atoms. The summed E-state index contributed by atoms with van der Waals surface area (Å²) < 4.78 is 0. The summed E-state index contributed by atoms with van der Waals surface area (Å²) in [7, 11) is 0. The van der Waals surface area contributed by atoms with Crippen LogP contribution in [0.4, 0.5) is 0 Å².